The van der Waals surface area contributed by atoms with Crippen molar-refractivity contribution in [1.29, 1.82) is 0 Å². The van der Waals surface area contributed by atoms with Gasteiger partial charge in [0.2, 0.25) is 0 Å². The molecule has 1 unspecified atom stereocenters. The van der Waals surface area contributed by atoms with Crippen LogP contribution in [0.1, 0.15) is 46.5 Å². The number of allylic oxidation sites excluding steroid dienone is 1. The van der Waals surface area contributed by atoms with E-state index in [9.17, 15) is 0 Å². The Balaban J connectivity index is 0. The van der Waals surface area contributed by atoms with Crippen LogP contribution in [0.25, 0.3) is 0 Å². The highest BCUT2D eigenvalue weighted by Gasteiger charge is 2.01. The zero-order chi connectivity index (χ0) is 9.82. The molecule has 0 bridgehead atoms. The summed E-state index contributed by atoms with van der Waals surface area (Å²) in [5, 5.41) is 8.75. The first-order chi connectivity index (χ1) is 5.76. The molecule has 0 aromatic carbocycles. The van der Waals surface area contributed by atoms with Gasteiger partial charge >= 0.3 is 0 Å². The minimum Gasteiger partial charge on any atom is -0.396 e. The number of aliphatic hydroxyl groups excluding tert-OH is 1. The lowest BCUT2D eigenvalue weighted by molar-refractivity contribution is 0.212. The van der Waals surface area contributed by atoms with Gasteiger partial charge in [0.05, 0.1) is 0 Å². The number of unbranched alkanes of at least 4 members (excludes halogenated alkanes) is 1. The summed E-state index contributed by atoms with van der Waals surface area (Å²) >= 11 is 0. The molecule has 0 radical (unpaired) electrons. The fourth-order valence-corrected chi connectivity index (χ4v) is 0.917. The summed E-state index contributed by atoms with van der Waals surface area (Å²) in [4.78, 5) is 0. The second kappa shape index (κ2) is 13.3. The van der Waals surface area contributed by atoms with Crippen molar-refractivity contribution in [3.05, 3.63) is 12.7 Å². The van der Waals surface area contributed by atoms with Crippen molar-refractivity contribution in [2.75, 3.05) is 6.61 Å². The Hall–Kier alpha value is -0.300. The van der Waals surface area contributed by atoms with Gasteiger partial charge in [-0.15, -0.1) is 6.58 Å². The quantitative estimate of drug-likeness (QED) is 0.630. The van der Waals surface area contributed by atoms with Gasteiger partial charge < -0.3 is 5.11 Å². The molecule has 0 aliphatic heterocycles. The van der Waals surface area contributed by atoms with E-state index in [2.05, 4.69) is 20.4 Å². The molecule has 0 spiro atoms. The molecule has 1 atom stereocenters. The maximum absolute atomic E-state index is 8.75. The lowest BCUT2D eigenvalue weighted by atomic mass is 10.0. The molecule has 1 nitrogen and oxygen atoms in total. The topological polar surface area (TPSA) is 20.2 Å². The fourth-order valence-electron chi connectivity index (χ4n) is 0.917. The van der Waals surface area contributed by atoms with Crippen LogP contribution in [0, 0.1) is 5.92 Å². The van der Waals surface area contributed by atoms with Gasteiger partial charge in [-0.3, -0.25) is 0 Å². The summed E-state index contributed by atoms with van der Waals surface area (Å²) in [6.07, 6.45) is 6.58. The second-order valence-electron chi connectivity index (χ2n) is 3.01. The number of hydrogen-bond donors (Lipinski definition) is 1. The molecule has 0 saturated carbocycles. The molecular formula is C11H24O. The van der Waals surface area contributed by atoms with E-state index in [1.165, 1.54) is 19.3 Å². The van der Waals surface area contributed by atoms with Gasteiger partial charge in [0.1, 0.15) is 0 Å². The lowest BCUT2D eigenvalue weighted by Gasteiger charge is -2.08. The van der Waals surface area contributed by atoms with Crippen molar-refractivity contribution in [2.45, 2.75) is 46.5 Å². The number of aliphatic hydroxyl groups is 1. The standard InChI is InChI=1S/C8H18O.C3H6/c1-3-5-6-8(4-2)7-9;1-3-2/h8-9H,3-7H2,1-2H3;3H,1H2,2H3. The first-order valence-corrected chi connectivity index (χ1v) is 4.94. The molecular weight excluding hydrogens is 148 g/mol. The zero-order valence-electron chi connectivity index (χ0n) is 8.84. The van der Waals surface area contributed by atoms with Crippen LogP contribution in [0.4, 0.5) is 0 Å². The summed E-state index contributed by atoms with van der Waals surface area (Å²) in [6.45, 7) is 9.94. The number of rotatable bonds is 5. The maximum atomic E-state index is 8.75. The summed E-state index contributed by atoms with van der Waals surface area (Å²) in [6, 6.07) is 0. The molecule has 0 aromatic rings. The Kier molecular flexibility index (Phi) is 15.8. The van der Waals surface area contributed by atoms with Crippen LogP contribution in [0.2, 0.25) is 0 Å². The van der Waals surface area contributed by atoms with Crippen LogP contribution in [0.5, 0.6) is 0 Å². The Labute approximate surface area is 77.5 Å². The van der Waals surface area contributed by atoms with E-state index < -0.39 is 0 Å². The monoisotopic (exact) mass is 172 g/mol. The highest BCUT2D eigenvalue weighted by atomic mass is 16.3. The Morgan fingerprint density at radius 1 is 1.42 bits per heavy atom. The van der Waals surface area contributed by atoms with Crippen molar-refractivity contribution in [2.24, 2.45) is 5.92 Å². The highest BCUT2D eigenvalue weighted by Crippen LogP contribution is 2.10. The Morgan fingerprint density at radius 2 is 1.92 bits per heavy atom. The molecule has 1 heteroatoms. The predicted octanol–water partition coefficient (Wildman–Crippen LogP) is 3.39. The molecule has 0 aliphatic carbocycles. The molecule has 0 heterocycles. The van der Waals surface area contributed by atoms with E-state index in [1.54, 1.807) is 6.08 Å². The molecule has 1 N–H and O–H groups in total. The van der Waals surface area contributed by atoms with Crippen LogP contribution in [0.15, 0.2) is 12.7 Å². The van der Waals surface area contributed by atoms with Gasteiger partial charge in [0.25, 0.3) is 0 Å². The van der Waals surface area contributed by atoms with E-state index in [0.717, 1.165) is 6.42 Å². The van der Waals surface area contributed by atoms with Gasteiger partial charge in [-0.05, 0) is 19.3 Å². The molecule has 0 aromatic heterocycles. The van der Waals surface area contributed by atoms with Crippen LogP contribution >= 0.6 is 0 Å². The summed E-state index contributed by atoms with van der Waals surface area (Å²) in [5.41, 5.74) is 0. The summed E-state index contributed by atoms with van der Waals surface area (Å²) < 4.78 is 0. The molecule has 0 aliphatic rings. The van der Waals surface area contributed by atoms with Crippen molar-refractivity contribution < 1.29 is 5.11 Å². The van der Waals surface area contributed by atoms with Gasteiger partial charge in [-0.1, -0.05) is 39.2 Å². The molecule has 0 saturated heterocycles. The third-order valence-electron chi connectivity index (χ3n) is 1.80. The van der Waals surface area contributed by atoms with Crippen LogP contribution in [0.3, 0.4) is 0 Å². The second-order valence-corrected chi connectivity index (χ2v) is 3.01. The molecule has 74 valence electrons. The van der Waals surface area contributed by atoms with Gasteiger partial charge in [-0.25, -0.2) is 0 Å². The SMILES string of the molecule is C=CC.CCCCC(CC)CO. The third kappa shape index (κ3) is 12.4. The number of hydrogen-bond acceptors (Lipinski definition) is 1. The molecule has 0 rings (SSSR count). The highest BCUT2D eigenvalue weighted by molar-refractivity contribution is 4.53. The van der Waals surface area contributed by atoms with Crippen LogP contribution in [-0.2, 0) is 0 Å². The Morgan fingerprint density at radius 3 is 2.17 bits per heavy atom. The molecule has 12 heavy (non-hydrogen) atoms. The largest absolute Gasteiger partial charge is 0.396 e. The third-order valence-corrected chi connectivity index (χ3v) is 1.80. The van der Waals surface area contributed by atoms with Crippen molar-refractivity contribution in [1.82, 2.24) is 0 Å². The normalized spacial score (nSPS) is 11.3. The average Bonchev–Trinajstić information content (AvgIpc) is 2.08. The van der Waals surface area contributed by atoms with E-state index in [-0.39, 0.29) is 0 Å². The molecule has 0 amide bonds. The fraction of sp³-hybridized carbons (Fsp3) is 0.818. The smallest absolute Gasteiger partial charge is 0.0459 e. The van der Waals surface area contributed by atoms with Crippen LogP contribution < -0.4 is 0 Å². The van der Waals surface area contributed by atoms with E-state index in [4.69, 9.17) is 5.11 Å². The van der Waals surface area contributed by atoms with Crippen molar-refractivity contribution >= 4 is 0 Å². The maximum Gasteiger partial charge on any atom is 0.0459 e. The van der Waals surface area contributed by atoms with E-state index >= 15 is 0 Å². The lowest BCUT2D eigenvalue weighted by Crippen LogP contribution is -2.03. The zero-order valence-corrected chi connectivity index (χ0v) is 8.84. The average molecular weight is 172 g/mol. The van der Waals surface area contributed by atoms with E-state index in [0.29, 0.717) is 12.5 Å². The van der Waals surface area contributed by atoms with Gasteiger partial charge in [0.15, 0.2) is 0 Å². The summed E-state index contributed by atoms with van der Waals surface area (Å²) in [5.74, 6) is 0.560. The van der Waals surface area contributed by atoms with Gasteiger partial charge in [-0.2, -0.15) is 0 Å². The Bertz CT molecular complexity index is 75.1. The minimum absolute atomic E-state index is 0.372. The summed E-state index contributed by atoms with van der Waals surface area (Å²) in [7, 11) is 0. The first kappa shape index (κ1) is 14.2. The van der Waals surface area contributed by atoms with Crippen LogP contribution in [-0.4, -0.2) is 11.7 Å². The van der Waals surface area contributed by atoms with Crippen molar-refractivity contribution in [3.8, 4) is 0 Å². The van der Waals surface area contributed by atoms with Crippen molar-refractivity contribution in [3.63, 3.8) is 0 Å². The minimum atomic E-state index is 0.372. The molecule has 0 fully saturated rings. The van der Waals surface area contributed by atoms with Gasteiger partial charge in [0, 0.05) is 6.61 Å². The van der Waals surface area contributed by atoms with E-state index in [1.807, 2.05) is 6.92 Å². The first-order valence-electron chi connectivity index (χ1n) is 4.94. The predicted molar refractivity (Wildman–Crippen MR) is 56.3 cm³/mol.